The van der Waals surface area contributed by atoms with E-state index in [0.29, 0.717) is 17.8 Å². The number of benzene rings is 1. The summed E-state index contributed by atoms with van der Waals surface area (Å²) in [5.74, 6) is 0.186. The van der Waals surface area contributed by atoms with Crippen LogP contribution in [0.25, 0.3) is 0 Å². The Kier molecular flexibility index (Phi) is 3.85. The predicted molar refractivity (Wildman–Crippen MR) is 78.1 cm³/mol. The molecule has 1 aliphatic rings. The van der Waals surface area contributed by atoms with Gasteiger partial charge in [-0.2, -0.15) is 0 Å². The van der Waals surface area contributed by atoms with Crippen molar-refractivity contribution >= 4 is 26.9 Å². The number of rotatable bonds is 4. The third-order valence-electron chi connectivity index (χ3n) is 3.60. The van der Waals surface area contributed by atoms with Crippen LogP contribution in [-0.2, 0) is 9.84 Å². The van der Waals surface area contributed by atoms with Crippen molar-refractivity contribution in [1.82, 2.24) is 0 Å². The number of anilines is 2. The van der Waals surface area contributed by atoms with Gasteiger partial charge in [-0.3, -0.25) is 10.1 Å². The van der Waals surface area contributed by atoms with Crippen LogP contribution in [-0.4, -0.2) is 45.0 Å². The highest BCUT2D eigenvalue weighted by Gasteiger charge is 2.33. The maximum absolute atomic E-state index is 11.5. The van der Waals surface area contributed by atoms with E-state index in [0.717, 1.165) is 0 Å². The molecular formula is C12H17N3O4S. The zero-order valence-electron chi connectivity index (χ0n) is 11.4. The fourth-order valence-electron chi connectivity index (χ4n) is 2.49. The van der Waals surface area contributed by atoms with E-state index in [1.807, 2.05) is 0 Å². The van der Waals surface area contributed by atoms with Crippen LogP contribution in [0, 0.1) is 10.1 Å². The van der Waals surface area contributed by atoms with Crippen molar-refractivity contribution in [1.29, 1.82) is 0 Å². The second-order valence-electron chi connectivity index (χ2n) is 4.85. The lowest BCUT2D eigenvalue weighted by Crippen LogP contribution is -2.33. The zero-order valence-corrected chi connectivity index (χ0v) is 12.2. The largest absolute Gasteiger partial charge is 0.382 e. The van der Waals surface area contributed by atoms with E-state index in [1.165, 1.54) is 0 Å². The number of nitro groups is 1. The van der Waals surface area contributed by atoms with Crippen molar-refractivity contribution in [2.45, 2.75) is 12.5 Å². The fourth-order valence-corrected chi connectivity index (χ4v) is 4.26. The first-order valence-electron chi connectivity index (χ1n) is 6.24. The Bertz CT molecular complexity index is 630. The molecule has 0 spiro atoms. The Balaban J connectivity index is 2.40. The average Bonchev–Trinajstić information content (AvgIpc) is 2.77. The lowest BCUT2D eigenvalue weighted by Gasteiger charge is -2.25. The van der Waals surface area contributed by atoms with Gasteiger partial charge >= 0.3 is 5.69 Å². The fraction of sp³-hybridized carbons (Fsp3) is 0.500. The number of nitrogens with zero attached hydrogens (tertiary/aromatic N) is 2. The third kappa shape index (κ3) is 2.69. The van der Waals surface area contributed by atoms with Gasteiger partial charge in [-0.05, 0) is 18.6 Å². The van der Waals surface area contributed by atoms with Gasteiger partial charge in [0.1, 0.15) is 11.4 Å². The summed E-state index contributed by atoms with van der Waals surface area (Å²) in [7, 11) is 0.294. The second kappa shape index (κ2) is 5.28. The summed E-state index contributed by atoms with van der Waals surface area (Å²) >= 11 is 0. The van der Waals surface area contributed by atoms with Crippen LogP contribution in [0.4, 0.5) is 17.1 Å². The van der Waals surface area contributed by atoms with Crippen molar-refractivity contribution in [2.24, 2.45) is 0 Å². The molecule has 110 valence electrons. The summed E-state index contributed by atoms with van der Waals surface area (Å²) in [5.41, 5.74) is 0.825. The summed E-state index contributed by atoms with van der Waals surface area (Å²) in [6.45, 7) is 0. The molecule has 1 saturated heterocycles. The van der Waals surface area contributed by atoms with Crippen molar-refractivity contribution in [3.05, 3.63) is 28.3 Å². The van der Waals surface area contributed by atoms with Crippen LogP contribution in [0.3, 0.4) is 0 Å². The van der Waals surface area contributed by atoms with Gasteiger partial charge in [-0.1, -0.05) is 6.07 Å². The van der Waals surface area contributed by atoms with Crippen molar-refractivity contribution in [2.75, 3.05) is 35.8 Å². The Morgan fingerprint density at radius 2 is 2.15 bits per heavy atom. The molecule has 1 N–H and O–H groups in total. The monoisotopic (exact) mass is 299 g/mol. The normalized spacial score (nSPS) is 20.6. The number of sulfone groups is 1. The summed E-state index contributed by atoms with van der Waals surface area (Å²) in [4.78, 5) is 12.5. The van der Waals surface area contributed by atoms with Gasteiger partial charge in [-0.25, -0.2) is 8.42 Å². The molecule has 0 amide bonds. The Morgan fingerprint density at radius 3 is 2.65 bits per heavy atom. The lowest BCUT2D eigenvalue weighted by atomic mass is 10.1. The van der Waals surface area contributed by atoms with E-state index in [9.17, 15) is 18.5 Å². The minimum atomic E-state index is -3.02. The van der Waals surface area contributed by atoms with Gasteiger partial charge in [0.05, 0.1) is 16.4 Å². The highest BCUT2D eigenvalue weighted by atomic mass is 32.2. The van der Waals surface area contributed by atoms with Crippen LogP contribution < -0.4 is 10.2 Å². The zero-order chi connectivity index (χ0) is 14.9. The number of para-hydroxylation sites is 1. The van der Waals surface area contributed by atoms with Gasteiger partial charge < -0.3 is 10.2 Å². The molecule has 1 aromatic carbocycles. The SMILES string of the molecule is CNc1cccc(N(C)C2CCS(=O)(=O)C2)c1[N+](=O)[O-]. The first kappa shape index (κ1) is 14.6. The van der Waals surface area contributed by atoms with E-state index in [1.54, 1.807) is 37.2 Å². The molecule has 1 unspecified atom stereocenters. The van der Waals surface area contributed by atoms with Crippen LogP contribution >= 0.6 is 0 Å². The Morgan fingerprint density at radius 1 is 1.45 bits per heavy atom. The third-order valence-corrected chi connectivity index (χ3v) is 5.35. The van der Waals surface area contributed by atoms with Gasteiger partial charge in [0.15, 0.2) is 9.84 Å². The first-order chi connectivity index (χ1) is 9.35. The quantitative estimate of drug-likeness (QED) is 0.664. The molecule has 1 atom stereocenters. The minimum absolute atomic E-state index is 0.0261. The molecule has 0 saturated carbocycles. The molecule has 1 aromatic rings. The van der Waals surface area contributed by atoms with Crippen LogP contribution in [0.2, 0.25) is 0 Å². The molecule has 8 heteroatoms. The van der Waals surface area contributed by atoms with Gasteiger partial charge in [0.25, 0.3) is 0 Å². The highest BCUT2D eigenvalue weighted by Crippen LogP contribution is 2.36. The van der Waals surface area contributed by atoms with Gasteiger partial charge in [0, 0.05) is 20.1 Å². The Labute approximate surface area is 117 Å². The van der Waals surface area contributed by atoms with Crippen LogP contribution in [0.15, 0.2) is 18.2 Å². The van der Waals surface area contributed by atoms with E-state index < -0.39 is 14.8 Å². The molecule has 0 aliphatic carbocycles. The highest BCUT2D eigenvalue weighted by molar-refractivity contribution is 7.91. The maximum Gasteiger partial charge on any atom is 0.315 e. The van der Waals surface area contributed by atoms with Crippen molar-refractivity contribution in [3.63, 3.8) is 0 Å². The van der Waals surface area contributed by atoms with Crippen LogP contribution in [0.1, 0.15) is 6.42 Å². The van der Waals surface area contributed by atoms with E-state index in [-0.39, 0.29) is 23.2 Å². The molecule has 0 bridgehead atoms. The van der Waals surface area contributed by atoms with Crippen molar-refractivity contribution in [3.8, 4) is 0 Å². The van der Waals surface area contributed by atoms with E-state index in [4.69, 9.17) is 0 Å². The average molecular weight is 299 g/mol. The summed E-state index contributed by atoms with van der Waals surface area (Å²) in [6, 6.07) is 4.77. The second-order valence-corrected chi connectivity index (χ2v) is 7.08. The molecule has 2 rings (SSSR count). The molecule has 1 heterocycles. The number of nitrogens with one attached hydrogen (secondary N) is 1. The standard InChI is InChI=1S/C12H17N3O4S/c1-13-10-4-3-5-11(12(10)15(16)17)14(2)9-6-7-20(18,19)8-9/h3-5,9,13H,6-8H2,1-2H3. The lowest BCUT2D eigenvalue weighted by molar-refractivity contribution is -0.383. The maximum atomic E-state index is 11.5. The molecule has 0 aromatic heterocycles. The number of hydrogen-bond donors (Lipinski definition) is 1. The first-order valence-corrected chi connectivity index (χ1v) is 8.06. The summed E-state index contributed by atoms with van der Waals surface area (Å²) in [6.07, 6.45) is 0.500. The van der Waals surface area contributed by atoms with E-state index >= 15 is 0 Å². The molecule has 1 aliphatic heterocycles. The smallest absolute Gasteiger partial charge is 0.315 e. The number of nitro benzene ring substituents is 1. The van der Waals surface area contributed by atoms with Crippen molar-refractivity contribution < 1.29 is 13.3 Å². The predicted octanol–water partition coefficient (Wildman–Crippen LogP) is 1.26. The molecule has 7 nitrogen and oxygen atoms in total. The molecule has 1 fully saturated rings. The van der Waals surface area contributed by atoms with Crippen LogP contribution in [0.5, 0.6) is 0 Å². The van der Waals surface area contributed by atoms with Gasteiger partial charge in [0.2, 0.25) is 0 Å². The molecular weight excluding hydrogens is 282 g/mol. The topological polar surface area (TPSA) is 92.6 Å². The summed E-state index contributed by atoms with van der Waals surface area (Å²) in [5, 5.41) is 14.1. The molecule has 0 radical (unpaired) electrons. The molecule has 20 heavy (non-hydrogen) atoms. The summed E-state index contributed by atoms with van der Waals surface area (Å²) < 4.78 is 23.1. The minimum Gasteiger partial charge on any atom is -0.382 e. The Hall–Kier alpha value is -1.83. The van der Waals surface area contributed by atoms with E-state index in [2.05, 4.69) is 5.32 Å². The number of hydrogen-bond acceptors (Lipinski definition) is 6. The van der Waals surface area contributed by atoms with Gasteiger partial charge in [-0.15, -0.1) is 0 Å².